The summed E-state index contributed by atoms with van der Waals surface area (Å²) in [6.45, 7) is 1.92. The third-order valence-electron chi connectivity index (χ3n) is 6.53. The fraction of sp³-hybridized carbons (Fsp3) is 0.333. The molecule has 10 nitrogen and oxygen atoms in total. The number of likely N-dealkylation sites (tertiary alicyclic amines) is 1. The second kappa shape index (κ2) is 11.5. The van der Waals surface area contributed by atoms with Gasteiger partial charge in [-0.1, -0.05) is 12.1 Å². The molecule has 3 aromatic rings. The van der Waals surface area contributed by atoms with Gasteiger partial charge in [0, 0.05) is 11.4 Å². The van der Waals surface area contributed by atoms with Gasteiger partial charge in [0.15, 0.2) is 18.1 Å². The van der Waals surface area contributed by atoms with Gasteiger partial charge >= 0.3 is 11.9 Å². The molecule has 0 bridgehead atoms. The van der Waals surface area contributed by atoms with Crippen LogP contribution in [0.1, 0.15) is 48.9 Å². The number of nitrogens with one attached hydrogen (secondary N) is 1. The molecule has 1 atom stereocenters. The summed E-state index contributed by atoms with van der Waals surface area (Å²) >= 11 is 2.55. The molecule has 0 radical (unpaired) electrons. The van der Waals surface area contributed by atoms with Crippen LogP contribution in [-0.4, -0.2) is 61.7 Å². The Kier molecular flexibility index (Phi) is 7.84. The Bertz CT molecular complexity index is 1420. The molecule has 2 aromatic heterocycles. The van der Waals surface area contributed by atoms with Crippen LogP contribution in [0.2, 0.25) is 0 Å². The van der Waals surface area contributed by atoms with E-state index >= 15 is 0 Å². The van der Waals surface area contributed by atoms with Crippen molar-refractivity contribution < 1.29 is 38.1 Å². The topological polar surface area (TPSA) is 120 Å². The number of ether oxygens (including phenoxy) is 4. The summed E-state index contributed by atoms with van der Waals surface area (Å²) in [5.74, 6) is -0.747. The van der Waals surface area contributed by atoms with Crippen LogP contribution in [0.4, 0.5) is 5.00 Å². The quantitative estimate of drug-likeness (QED) is 0.404. The number of methoxy groups -OCH3 is 1. The Hall–Kier alpha value is -3.90. The van der Waals surface area contributed by atoms with Crippen molar-refractivity contribution in [3.8, 4) is 11.5 Å². The van der Waals surface area contributed by atoms with Crippen LogP contribution in [0.3, 0.4) is 0 Å². The number of carbonyl (C=O) groups excluding carboxylic acids is 4. The van der Waals surface area contributed by atoms with Gasteiger partial charge in [0.05, 0.1) is 17.6 Å². The first-order chi connectivity index (χ1) is 18.9. The molecule has 39 heavy (non-hydrogen) atoms. The van der Waals surface area contributed by atoms with Gasteiger partial charge in [-0.3, -0.25) is 9.59 Å². The van der Waals surface area contributed by atoms with E-state index in [1.807, 2.05) is 25.1 Å². The first kappa shape index (κ1) is 26.7. The molecule has 2 amide bonds. The average Bonchev–Trinajstić information content (AvgIpc) is 3.74. The van der Waals surface area contributed by atoms with E-state index in [9.17, 15) is 19.2 Å². The number of hydrogen-bond donors (Lipinski definition) is 1. The minimum Gasteiger partial charge on any atom is -0.465 e. The van der Waals surface area contributed by atoms with Crippen LogP contribution in [0.15, 0.2) is 35.7 Å². The monoisotopic (exact) mass is 570 g/mol. The van der Waals surface area contributed by atoms with Gasteiger partial charge in [-0.25, -0.2) is 9.59 Å². The molecule has 0 spiro atoms. The molecule has 0 aliphatic carbocycles. The van der Waals surface area contributed by atoms with E-state index in [1.165, 1.54) is 34.7 Å². The number of benzene rings is 1. The van der Waals surface area contributed by atoms with Crippen LogP contribution < -0.4 is 14.8 Å². The van der Waals surface area contributed by atoms with E-state index < -0.39 is 30.5 Å². The molecule has 0 saturated carbocycles. The first-order valence-corrected chi connectivity index (χ1v) is 14.0. The Balaban J connectivity index is 1.25. The first-order valence-electron chi connectivity index (χ1n) is 12.3. The lowest BCUT2D eigenvalue weighted by Crippen LogP contribution is -2.41. The molecular weight excluding hydrogens is 544 g/mol. The zero-order chi connectivity index (χ0) is 27.5. The Morgan fingerprint density at radius 1 is 1.15 bits per heavy atom. The van der Waals surface area contributed by atoms with Gasteiger partial charge in [0.1, 0.15) is 11.0 Å². The molecule has 5 rings (SSSR count). The van der Waals surface area contributed by atoms with Crippen LogP contribution in [0, 0.1) is 6.92 Å². The van der Waals surface area contributed by atoms with Gasteiger partial charge in [0.25, 0.3) is 11.8 Å². The molecule has 204 valence electrons. The van der Waals surface area contributed by atoms with E-state index in [0.717, 1.165) is 10.4 Å². The number of carbonyl (C=O) groups is 4. The number of rotatable bonds is 8. The third kappa shape index (κ3) is 5.62. The number of esters is 2. The van der Waals surface area contributed by atoms with Crippen molar-refractivity contribution >= 4 is 51.4 Å². The van der Waals surface area contributed by atoms with Crippen molar-refractivity contribution in [1.82, 2.24) is 4.90 Å². The van der Waals surface area contributed by atoms with E-state index in [-0.39, 0.29) is 18.3 Å². The SMILES string of the molecule is COC(=O)c1c(NC(=O)COC(=O)C2CCCN2C(=O)c2cccs2)sc(C)c1Cc1ccc2c(c1)OCO2. The van der Waals surface area contributed by atoms with Crippen molar-refractivity contribution in [3.05, 3.63) is 62.2 Å². The maximum atomic E-state index is 12.8. The van der Waals surface area contributed by atoms with Crippen molar-refractivity contribution in [2.75, 3.05) is 32.4 Å². The molecule has 1 unspecified atom stereocenters. The maximum Gasteiger partial charge on any atom is 0.341 e. The number of fused-ring (bicyclic) bond motifs is 1. The van der Waals surface area contributed by atoms with Crippen LogP contribution in [0.5, 0.6) is 11.5 Å². The predicted molar refractivity (Wildman–Crippen MR) is 144 cm³/mol. The van der Waals surface area contributed by atoms with Crippen molar-refractivity contribution in [2.45, 2.75) is 32.2 Å². The summed E-state index contributed by atoms with van der Waals surface area (Å²) in [6.07, 6.45) is 1.55. The van der Waals surface area contributed by atoms with Gasteiger partial charge < -0.3 is 29.2 Å². The third-order valence-corrected chi connectivity index (χ3v) is 8.45. The predicted octanol–water partition coefficient (Wildman–Crippen LogP) is 4.01. The van der Waals surface area contributed by atoms with Crippen molar-refractivity contribution in [1.29, 1.82) is 0 Å². The molecule has 1 N–H and O–H groups in total. The molecule has 2 aliphatic rings. The highest BCUT2D eigenvalue weighted by Crippen LogP contribution is 2.37. The van der Waals surface area contributed by atoms with Crippen molar-refractivity contribution in [2.24, 2.45) is 0 Å². The number of aryl methyl sites for hydroxylation is 1. The lowest BCUT2D eigenvalue weighted by atomic mass is 10.0. The Morgan fingerprint density at radius 3 is 2.74 bits per heavy atom. The number of amides is 2. The molecule has 12 heteroatoms. The van der Waals surface area contributed by atoms with E-state index in [2.05, 4.69) is 5.32 Å². The highest BCUT2D eigenvalue weighted by atomic mass is 32.1. The van der Waals surface area contributed by atoms with E-state index in [0.29, 0.717) is 52.7 Å². The fourth-order valence-corrected chi connectivity index (χ4v) is 6.40. The Labute approximate surface area is 232 Å². The van der Waals surface area contributed by atoms with Crippen LogP contribution >= 0.6 is 22.7 Å². The number of thiophene rings is 2. The number of anilines is 1. The highest BCUT2D eigenvalue weighted by molar-refractivity contribution is 7.16. The molecule has 1 saturated heterocycles. The second-order valence-corrected chi connectivity index (χ2v) is 11.2. The van der Waals surface area contributed by atoms with E-state index in [1.54, 1.807) is 17.5 Å². The standard InChI is InChI=1S/C27H26N2O8S2/c1-15-17(11-16-7-8-19-20(12-16)37-14-36-19)23(27(33)34-2)24(39-15)28-22(30)13-35-26(32)18-5-3-9-29(18)25(31)21-6-4-10-38-21/h4,6-8,10,12,18H,3,5,9,11,13-14H2,1-2H3,(H,28,30). The maximum absolute atomic E-state index is 12.8. The van der Waals surface area contributed by atoms with Gasteiger partial charge in [-0.05, 0) is 60.9 Å². The minimum absolute atomic E-state index is 0.161. The van der Waals surface area contributed by atoms with Gasteiger partial charge in [-0.15, -0.1) is 22.7 Å². The highest BCUT2D eigenvalue weighted by Gasteiger charge is 2.36. The zero-order valence-electron chi connectivity index (χ0n) is 21.3. The van der Waals surface area contributed by atoms with Gasteiger partial charge in [-0.2, -0.15) is 0 Å². The van der Waals surface area contributed by atoms with E-state index in [4.69, 9.17) is 18.9 Å². The zero-order valence-corrected chi connectivity index (χ0v) is 22.9. The molecule has 1 fully saturated rings. The van der Waals surface area contributed by atoms with Gasteiger partial charge in [0.2, 0.25) is 6.79 Å². The molecule has 1 aromatic carbocycles. The average molecular weight is 571 g/mol. The van der Waals surface area contributed by atoms with Crippen LogP contribution in [-0.2, 0) is 25.5 Å². The normalized spacial score (nSPS) is 15.7. The largest absolute Gasteiger partial charge is 0.465 e. The minimum atomic E-state index is -0.740. The molecular formula is C27H26N2O8S2. The summed E-state index contributed by atoms with van der Waals surface area (Å²) in [5, 5.41) is 4.81. The Morgan fingerprint density at radius 2 is 1.97 bits per heavy atom. The molecule has 2 aliphatic heterocycles. The lowest BCUT2D eigenvalue weighted by molar-refractivity contribution is -0.151. The summed E-state index contributed by atoms with van der Waals surface area (Å²) < 4.78 is 21.1. The summed E-state index contributed by atoms with van der Waals surface area (Å²) in [6, 6.07) is 8.31. The number of hydrogen-bond acceptors (Lipinski definition) is 10. The fourth-order valence-electron chi connectivity index (χ4n) is 4.64. The lowest BCUT2D eigenvalue weighted by Gasteiger charge is -2.22. The van der Waals surface area contributed by atoms with Crippen LogP contribution in [0.25, 0.3) is 0 Å². The number of nitrogens with zero attached hydrogens (tertiary/aromatic N) is 1. The van der Waals surface area contributed by atoms with Crippen molar-refractivity contribution in [3.63, 3.8) is 0 Å². The molecule has 4 heterocycles. The smallest absolute Gasteiger partial charge is 0.341 e. The summed E-state index contributed by atoms with van der Waals surface area (Å²) in [4.78, 5) is 53.9. The summed E-state index contributed by atoms with van der Waals surface area (Å²) in [7, 11) is 1.28. The second-order valence-electron chi connectivity index (χ2n) is 8.99. The summed E-state index contributed by atoms with van der Waals surface area (Å²) in [5.41, 5.74) is 1.86.